The normalized spacial score (nSPS) is 13.6. The standard InChI is InChI=1S/C12H28N2O.C9H19NO2.C2H6/c1-7-12(6,13)15-9-8-11(4,5)14-10(2)3;1-5-12-7-9(2,3)6-10(4)8-11;1-2/h10,14H,7-9,13H2,1-6H3;8H,5-7H2,1-4H3;1-2H3. The molecule has 0 heterocycles. The molecule has 0 aromatic rings. The minimum Gasteiger partial charge on any atom is -0.381 e. The van der Waals surface area contributed by atoms with E-state index < -0.39 is 5.72 Å². The van der Waals surface area contributed by atoms with Gasteiger partial charge in [0.2, 0.25) is 6.41 Å². The molecule has 0 bridgehead atoms. The Bertz CT molecular complexity index is 384. The highest BCUT2D eigenvalue weighted by Crippen LogP contribution is 2.16. The monoisotopic (exact) mass is 419 g/mol. The molecule has 6 nitrogen and oxygen atoms in total. The summed E-state index contributed by atoms with van der Waals surface area (Å²) in [4.78, 5) is 12.0. The van der Waals surface area contributed by atoms with Crippen LogP contribution in [0, 0.1) is 5.41 Å². The van der Waals surface area contributed by atoms with Gasteiger partial charge in [-0.05, 0) is 40.5 Å². The Morgan fingerprint density at radius 3 is 2.00 bits per heavy atom. The summed E-state index contributed by atoms with van der Waals surface area (Å²) in [5, 5.41) is 3.50. The van der Waals surface area contributed by atoms with Crippen molar-refractivity contribution in [3.63, 3.8) is 0 Å². The molecule has 6 heteroatoms. The van der Waals surface area contributed by atoms with Crippen LogP contribution in [-0.2, 0) is 14.3 Å². The summed E-state index contributed by atoms with van der Waals surface area (Å²) in [5.74, 6) is 0. The van der Waals surface area contributed by atoms with E-state index in [-0.39, 0.29) is 11.0 Å². The molecule has 0 aromatic carbocycles. The third-order valence-electron chi connectivity index (χ3n) is 4.09. The van der Waals surface area contributed by atoms with Crippen LogP contribution >= 0.6 is 0 Å². The largest absolute Gasteiger partial charge is 0.381 e. The fraction of sp³-hybridized carbons (Fsp3) is 0.957. The Kier molecular flexibility index (Phi) is 19.4. The fourth-order valence-electron chi connectivity index (χ4n) is 2.63. The van der Waals surface area contributed by atoms with Crippen LogP contribution < -0.4 is 11.1 Å². The second-order valence-corrected chi connectivity index (χ2v) is 9.27. The van der Waals surface area contributed by atoms with Crippen LogP contribution in [0.2, 0.25) is 0 Å². The van der Waals surface area contributed by atoms with Crippen molar-refractivity contribution < 1.29 is 14.3 Å². The summed E-state index contributed by atoms with van der Waals surface area (Å²) in [6.07, 6.45) is 2.65. The quantitative estimate of drug-likeness (QED) is 0.341. The van der Waals surface area contributed by atoms with Crippen molar-refractivity contribution in [2.45, 2.75) is 106 Å². The molecule has 29 heavy (non-hydrogen) atoms. The first kappa shape index (κ1) is 33.0. The third-order valence-corrected chi connectivity index (χ3v) is 4.09. The maximum Gasteiger partial charge on any atom is 0.209 e. The average Bonchev–Trinajstić information content (AvgIpc) is 2.60. The SMILES string of the molecule is CC.CCC(C)(N)OCCC(C)(C)NC(C)C.CCOCC(C)(C)CN(C)C=O. The average molecular weight is 420 g/mol. The summed E-state index contributed by atoms with van der Waals surface area (Å²) in [6, 6.07) is 0.496. The predicted molar refractivity (Wildman–Crippen MR) is 126 cm³/mol. The minimum absolute atomic E-state index is 0.0473. The lowest BCUT2D eigenvalue weighted by atomic mass is 9.94. The topological polar surface area (TPSA) is 76.8 Å². The van der Waals surface area contributed by atoms with Crippen molar-refractivity contribution >= 4 is 6.41 Å². The Balaban J connectivity index is -0.000000438. The Morgan fingerprint density at radius 2 is 1.62 bits per heavy atom. The van der Waals surface area contributed by atoms with E-state index in [1.54, 1.807) is 11.9 Å². The molecule has 0 saturated carbocycles. The molecule has 0 aliphatic heterocycles. The molecule has 1 amide bonds. The number of hydrogen-bond donors (Lipinski definition) is 2. The lowest BCUT2D eigenvalue weighted by Gasteiger charge is -2.31. The first-order valence-corrected chi connectivity index (χ1v) is 11.1. The van der Waals surface area contributed by atoms with E-state index in [1.165, 1.54) is 0 Å². The number of carbonyl (C=O) groups is 1. The first-order valence-electron chi connectivity index (χ1n) is 11.1. The summed E-state index contributed by atoms with van der Waals surface area (Å²) >= 11 is 0. The maximum atomic E-state index is 10.3. The first-order chi connectivity index (χ1) is 13.2. The lowest BCUT2D eigenvalue weighted by molar-refractivity contribution is -0.118. The summed E-state index contributed by atoms with van der Waals surface area (Å²) in [5.41, 5.74) is 5.58. The zero-order valence-corrected chi connectivity index (χ0v) is 21.6. The molecular weight excluding hydrogens is 366 g/mol. The van der Waals surface area contributed by atoms with Gasteiger partial charge in [0.1, 0.15) is 5.72 Å². The van der Waals surface area contributed by atoms with E-state index in [4.69, 9.17) is 15.2 Å². The molecule has 1 unspecified atom stereocenters. The molecule has 0 aliphatic rings. The smallest absolute Gasteiger partial charge is 0.209 e. The van der Waals surface area contributed by atoms with Gasteiger partial charge in [0.05, 0.1) is 13.2 Å². The lowest BCUT2D eigenvalue weighted by Crippen LogP contribution is -2.46. The molecule has 0 rings (SSSR count). The summed E-state index contributed by atoms with van der Waals surface area (Å²) in [6.45, 7) is 25.7. The molecule has 0 aliphatic carbocycles. The van der Waals surface area contributed by atoms with E-state index in [0.29, 0.717) is 19.3 Å². The number of carbonyl (C=O) groups excluding carboxylic acids is 1. The van der Waals surface area contributed by atoms with E-state index in [2.05, 4.69) is 46.9 Å². The van der Waals surface area contributed by atoms with Gasteiger partial charge in [0, 0.05) is 37.2 Å². The fourth-order valence-corrected chi connectivity index (χ4v) is 2.63. The van der Waals surface area contributed by atoms with Gasteiger partial charge < -0.3 is 25.4 Å². The number of rotatable bonds is 13. The van der Waals surface area contributed by atoms with Gasteiger partial charge in [-0.3, -0.25) is 4.79 Å². The van der Waals surface area contributed by atoms with Gasteiger partial charge >= 0.3 is 0 Å². The van der Waals surface area contributed by atoms with Crippen LogP contribution in [0.25, 0.3) is 0 Å². The van der Waals surface area contributed by atoms with Crippen molar-refractivity contribution in [3.05, 3.63) is 0 Å². The van der Waals surface area contributed by atoms with Crippen LogP contribution in [0.1, 0.15) is 89.0 Å². The van der Waals surface area contributed by atoms with Gasteiger partial charge in [-0.2, -0.15) is 0 Å². The molecule has 0 fully saturated rings. The highest BCUT2D eigenvalue weighted by atomic mass is 16.5. The molecule has 0 radical (unpaired) electrons. The number of nitrogens with two attached hydrogens (primary N) is 1. The van der Waals surface area contributed by atoms with Crippen LogP contribution in [0.4, 0.5) is 0 Å². The van der Waals surface area contributed by atoms with Crippen molar-refractivity contribution in [1.29, 1.82) is 0 Å². The molecule has 1 atom stereocenters. The Labute approximate surface area is 182 Å². The van der Waals surface area contributed by atoms with Gasteiger partial charge in [0.15, 0.2) is 0 Å². The van der Waals surface area contributed by atoms with Crippen LogP contribution in [0.15, 0.2) is 0 Å². The Hall–Kier alpha value is -0.690. The molecule has 178 valence electrons. The number of hydrogen-bond acceptors (Lipinski definition) is 5. The van der Waals surface area contributed by atoms with Gasteiger partial charge in [-0.15, -0.1) is 0 Å². The van der Waals surface area contributed by atoms with Crippen molar-refractivity contribution in [3.8, 4) is 0 Å². The Morgan fingerprint density at radius 1 is 1.10 bits per heavy atom. The highest BCUT2D eigenvalue weighted by molar-refractivity contribution is 5.46. The minimum atomic E-state index is -0.478. The van der Waals surface area contributed by atoms with Crippen molar-refractivity contribution in [1.82, 2.24) is 10.2 Å². The van der Waals surface area contributed by atoms with Crippen molar-refractivity contribution in [2.75, 3.05) is 33.4 Å². The summed E-state index contributed by atoms with van der Waals surface area (Å²) < 4.78 is 10.9. The van der Waals surface area contributed by atoms with E-state index in [0.717, 1.165) is 32.4 Å². The van der Waals surface area contributed by atoms with Gasteiger partial charge in [0.25, 0.3) is 0 Å². The third kappa shape index (κ3) is 23.5. The zero-order chi connectivity index (χ0) is 23.7. The highest BCUT2D eigenvalue weighted by Gasteiger charge is 2.21. The van der Waals surface area contributed by atoms with Gasteiger partial charge in [-0.1, -0.05) is 48.5 Å². The molecular formula is C23H53N3O3. The zero-order valence-electron chi connectivity index (χ0n) is 21.6. The molecule has 0 aromatic heterocycles. The van der Waals surface area contributed by atoms with Crippen LogP contribution in [-0.4, -0.2) is 62.0 Å². The molecule has 0 spiro atoms. The summed E-state index contributed by atoms with van der Waals surface area (Å²) in [7, 11) is 1.78. The van der Waals surface area contributed by atoms with E-state index >= 15 is 0 Å². The number of nitrogens with zero attached hydrogens (tertiary/aromatic N) is 1. The second-order valence-electron chi connectivity index (χ2n) is 9.27. The van der Waals surface area contributed by atoms with Crippen LogP contribution in [0.3, 0.4) is 0 Å². The molecule has 3 N–H and O–H groups in total. The number of amides is 1. The number of nitrogens with one attached hydrogen (secondary N) is 1. The van der Waals surface area contributed by atoms with E-state index in [1.807, 2.05) is 34.6 Å². The van der Waals surface area contributed by atoms with E-state index in [9.17, 15) is 4.79 Å². The van der Waals surface area contributed by atoms with Gasteiger partial charge in [-0.25, -0.2) is 0 Å². The second kappa shape index (κ2) is 17.0. The van der Waals surface area contributed by atoms with Crippen LogP contribution in [0.5, 0.6) is 0 Å². The predicted octanol–water partition coefficient (Wildman–Crippen LogP) is 4.42. The molecule has 0 saturated heterocycles. The number of ether oxygens (including phenoxy) is 2. The maximum absolute atomic E-state index is 10.3. The van der Waals surface area contributed by atoms with Crippen molar-refractivity contribution in [2.24, 2.45) is 11.1 Å².